The minimum absolute atomic E-state index is 0.407. The van der Waals surface area contributed by atoms with Crippen LogP contribution in [-0.4, -0.2) is 14.8 Å². The van der Waals surface area contributed by atoms with Gasteiger partial charge in [-0.15, -0.1) is 0 Å². The zero-order valence-corrected chi connectivity index (χ0v) is 9.21. The second-order valence-electron chi connectivity index (χ2n) is 3.75. The lowest BCUT2D eigenvalue weighted by atomic mass is 10.3. The maximum Gasteiger partial charge on any atom is 0.301 e. The molecule has 3 N–H and O–H groups in total. The van der Waals surface area contributed by atoms with Crippen molar-refractivity contribution in [2.24, 2.45) is 7.05 Å². The second kappa shape index (κ2) is 3.51. The van der Waals surface area contributed by atoms with Gasteiger partial charge >= 0.3 is 6.01 Å². The third kappa shape index (κ3) is 1.80. The molecule has 6 nitrogen and oxygen atoms in total. The maximum absolute atomic E-state index is 5.67. The van der Waals surface area contributed by atoms with Crippen LogP contribution in [0.3, 0.4) is 0 Å². The summed E-state index contributed by atoms with van der Waals surface area (Å²) in [5, 5.41) is 7.16. The molecule has 86 valence electrons. The molecule has 0 aliphatic rings. The topological polar surface area (TPSA) is 81.9 Å². The van der Waals surface area contributed by atoms with Crippen LogP contribution in [0.15, 0.2) is 34.9 Å². The van der Waals surface area contributed by atoms with Crippen molar-refractivity contribution in [3.05, 3.63) is 30.5 Å². The molecule has 17 heavy (non-hydrogen) atoms. The Labute approximate surface area is 97.0 Å². The largest absolute Gasteiger partial charge is 0.423 e. The summed E-state index contributed by atoms with van der Waals surface area (Å²) in [6.07, 6.45) is 1.84. The van der Waals surface area contributed by atoms with Gasteiger partial charge in [-0.1, -0.05) is 0 Å². The first kappa shape index (κ1) is 9.71. The van der Waals surface area contributed by atoms with Gasteiger partial charge in [0.2, 0.25) is 0 Å². The van der Waals surface area contributed by atoms with E-state index in [1.165, 1.54) is 0 Å². The number of oxazole rings is 1. The fraction of sp³-hybridized carbons (Fsp3) is 0.0909. The Morgan fingerprint density at radius 2 is 2.24 bits per heavy atom. The van der Waals surface area contributed by atoms with E-state index < -0.39 is 0 Å². The van der Waals surface area contributed by atoms with Gasteiger partial charge in [-0.05, 0) is 18.2 Å². The van der Waals surface area contributed by atoms with E-state index in [-0.39, 0.29) is 0 Å². The van der Waals surface area contributed by atoms with Gasteiger partial charge in [0.25, 0.3) is 0 Å². The van der Waals surface area contributed by atoms with E-state index in [0.717, 1.165) is 5.52 Å². The Bertz CT molecular complexity index is 669. The zero-order chi connectivity index (χ0) is 11.8. The van der Waals surface area contributed by atoms with Crippen LogP contribution in [0.4, 0.5) is 17.5 Å². The fourth-order valence-corrected chi connectivity index (χ4v) is 1.59. The Balaban J connectivity index is 1.95. The van der Waals surface area contributed by atoms with Gasteiger partial charge in [0, 0.05) is 25.0 Å². The molecule has 0 unspecified atom stereocenters. The Morgan fingerprint density at radius 3 is 3.00 bits per heavy atom. The molecule has 3 aromatic rings. The highest BCUT2D eigenvalue weighted by molar-refractivity contribution is 5.78. The van der Waals surface area contributed by atoms with E-state index in [0.29, 0.717) is 23.1 Å². The highest BCUT2D eigenvalue weighted by Gasteiger charge is 2.07. The molecular formula is C11H11N5O. The predicted octanol–water partition coefficient (Wildman–Crippen LogP) is 1.89. The summed E-state index contributed by atoms with van der Waals surface area (Å²) in [5.74, 6) is 0.687. The Hall–Kier alpha value is -2.50. The lowest BCUT2D eigenvalue weighted by Crippen LogP contribution is -1.93. The van der Waals surface area contributed by atoms with Crippen molar-refractivity contribution in [2.45, 2.75) is 0 Å². The highest BCUT2D eigenvalue weighted by atomic mass is 16.4. The van der Waals surface area contributed by atoms with E-state index in [9.17, 15) is 0 Å². The van der Waals surface area contributed by atoms with Crippen LogP contribution in [0.1, 0.15) is 0 Å². The first-order valence-corrected chi connectivity index (χ1v) is 5.13. The average Bonchev–Trinajstić information content (AvgIpc) is 2.84. The molecule has 0 atom stereocenters. The molecule has 0 amide bonds. The summed E-state index contributed by atoms with van der Waals surface area (Å²) >= 11 is 0. The Morgan fingerprint density at radius 1 is 1.35 bits per heavy atom. The average molecular weight is 229 g/mol. The normalized spacial score (nSPS) is 10.9. The standard InChI is InChI=1S/C11H11N5O/c1-16-5-4-10(15-16)14-11-13-8-6-7(12)2-3-9(8)17-11/h2-6H,12H2,1H3,(H,13,14,15). The zero-order valence-electron chi connectivity index (χ0n) is 9.21. The van der Waals surface area contributed by atoms with Crippen molar-refractivity contribution >= 4 is 28.6 Å². The first-order chi connectivity index (χ1) is 8.20. The van der Waals surface area contributed by atoms with Gasteiger partial charge in [-0.2, -0.15) is 10.1 Å². The molecule has 0 saturated carbocycles. The van der Waals surface area contributed by atoms with E-state index in [1.54, 1.807) is 22.9 Å². The van der Waals surface area contributed by atoms with E-state index >= 15 is 0 Å². The van der Waals surface area contributed by atoms with Gasteiger partial charge in [0.15, 0.2) is 11.4 Å². The summed E-state index contributed by atoms with van der Waals surface area (Å²) in [5.41, 5.74) is 7.75. The molecule has 3 rings (SSSR count). The number of fused-ring (bicyclic) bond motifs is 1. The van der Waals surface area contributed by atoms with Crippen molar-refractivity contribution in [2.75, 3.05) is 11.1 Å². The van der Waals surface area contributed by atoms with Gasteiger partial charge < -0.3 is 10.2 Å². The quantitative estimate of drug-likeness (QED) is 0.656. The highest BCUT2D eigenvalue weighted by Crippen LogP contribution is 2.22. The molecule has 0 bridgehead atoms. The summed E-state index contributed by atoms with van der Waals surface area (Å²) in [4.78, 5) is 4.27. The number of nitrogens with zero attached hydrogens (tertiary/aromatic N) is 3. The molecule has 0 saturated heterocycles. The van der Waals surface area contributed by atoms with E-state index in [2.05, 4.69) is 15.4 Å². The van der Waals surface area contributed by atoms with Crippen LogP contribution >= 0.6 is 0 Å². The monoisotopic (exact) mass is 229 g/mol. The number of aryl methyl sites for hydroxylation is 1. The molecule has 0 aliphatic carbocycles. The third-order valence-electron chi connectivity index (χ3n) is 2.36. The molecule has 2 aromatic heterocycles. The molecular weight excluding hydrogens is 218 g/mol. The molecule has 6 heteroatoms. The number of nitrogens with one attached hydrogen (secondary N) is 1. The second-order valence-corrected chi connectivity index (χ2v) is 3.75. The number of hydrogen-bond acceptors (Lipinski definition) is 5. The maximum atomic E-state index is 5.67. The number of anilines is 3. The first-order valence-electron chi connectivity index (χ1n) is 5.13. The summed E-state index contributed by atoms with van der Waals surface area (Å²) in [7, 11) is 1.85. The number of hydrogen-bond donors (Lipinski definition) is 2. The number of nitrogen functional groups attached to an aromatic ring is 1. The van der Waals surface area contributed by atoms with Gasteiger partial charge in [-0.25, -0.2) is 0 Å². The molecule has 0 radical (unpaired) electrons. The molecule has 0 aliphatic heterocycles. The van der Waals surface area contributed by atoms with E-state index in [1.807, 2.05) is 19.3 Å². The van der Waals surface area contributed by atoms with Crippen LogP contribution in [0, 0.1) is 0 Å². The fourth-order valence-electron chi connectivity index (χ4n) is 1.59. The van der Waals surface area contributed by atoms with Crippen LogP contribution in [0.2, 0.25) is 0 Å². The minimum Gasteiger partial charge on any atom is -0.423 e. The third-order valence-corrected chi connectivity index (χ3v) is 2.36. The van der Waals surface area contributed by atoms with Crippen molar-refractivity contribution < 1.29 is 4.42 Å². The summed E-state index contributed by atoms with van der Waals surface area (Å²) < 4.78 is 7.21. The van der Waals surface area contributed by atoms with Gasteiger partial charge in [0.1, 0.15) is 5.52 Å². The van der Waals surface area contributed by atoms with Crippen molar-refractivity contribution in [1.82, 2.24) is 14.8 Å². The van der Waals surface area contributed by atoms with Gasteiger partial charge in [0.05, 0.1) is 0 Å². The summed E-state index contributed by atoms with van der Waals surface area (Å²) in [6.45, 7) is 0. The lowest BCUT2D eigenvalue weighted by Gasteiger charge is -1.93. The predicted molar refractivity (Wildman–Crippen MR) is 64.9 cm³/mol. The van der Waals surface area contributed by atoms with Crippen molar-refractivity contribution in [1.29, 1.82) is 0 Å². The molecule has 0 spiro atoms. The van der Waals surface area contributed by atoms with Crippen LogP contribution < -0.4 is 11.1 Å². The number of rotatable bonds is 2. The van der Waals surface area contributed by atoms with Gasteiger partial charge in [-0.3, -0.25) is 10.00 Å². The molecule has 2 heterocycles. The molecule has 0 fully saturated rings. The minimum atomic E-state index is 0.407. The van der Waals surface area contributed by atoms with Crippen molar-refractivity contribution in [3.63, 3.8) is 0 Å². The number of benzene rings is 1. The SMILES string of the molecule is Cn1ccc(Nc2nc3cc(N)ccc3o2)n1. The number of aromatic nitrogens is 3. The molecule has 1 aromatic carbocycles. The smallest absolute Gasteiger partial charge is 0.301 e. The van der Waals surface area contributed by atoms with Crippen LogP contribution in [0.25, 0.3) is 11.1 Å². The van der Waals surface area contributed by atoms with Crippen molar-refractivity contribution in [3.8, 4) is 0 Å². The van der Waals surface area contributed by atoms with E-state index in [4.69, 9.17) is 10.2 Å². The Kier molecular flexibility index (Phi) is 2.01. The summed E-state index contributed by atoms with van der Waals surface area (Å²) in [6, 6.07) is 7.58. The number of nitrogens with two attached hydrogens (primary N) is 1. The van der Waals surface area contributed by atoms with Crippen LogP contribution in [-0.2, 0) is 7.05 Å². The van der Waals surface area contributed by atoms with Crippen LogP contribution in [0.5, 0.6) is 0 Å². The lowest BCUT2D eigenvalue weighted by molar-refractivity contribution is 0.621.